The number of fused-ring (bicyclic) bond motifs is 1. The van der Waals surface area contributed by atoms with Gasteiger partial charge in [-0.1, -0.05) is 78.7 Å². The van der Waals surface area contributed by atoms with Crippen molar-refractivity contribution < 1.29 is 28.7 Å². The zero-order valence-corrected chi connectivity index (χ0v) is 32.0. The first-order chi connectivity index (χ1) is 23.0. The van der Waals surface area contributed by atoms with Gasteiger partial charge >= 0.3 is 17.9 Å². The molecule has 1 aromatic heterocycles. The second-order valence-electron chi connectivity index (χ2n) is 14.5. The van der Waals surface area contributed by atoms with Crippen molar-refractivity contribution >= 4 is 35.5 Å². The average molecular weight is 705 g/mol. The number of carbonyl (C=O) groups excluding carboxylic acids is 4. The molecule has 0 spiro atoms. The van der Waals surface area contributed by atoms with Gasteiger partial charge < -0.3 is 9.47 Å². The first-order valence-electron chi connectivity index (χ1n) is 18.2. The molecule has 1 atom stereocenters. The SMILES string of the molecule is C.CC.CC(CCC(=O)NC=O)n1c(=O)n(C)c2cc(CCCCCCCCCCCCN(C(=O)OC(C)(C)C)C(=O)OC(C)(C)C)ccc21. The van der Waals surface area contributed by atoms with Crippen molar-refractivity contribution in [2.45, 2.75) is 170 Å². The van der Waals surface area contributed by atoms with Gasteiger partial charge in [-0.25, -0.2) is 19.3 Å². The molecule has 2 aromatic rings. The fourth-order valence-corrected chi connectivity index (χ4v) is 5.50. The average Bonchev–Trinajstić information content (AvgIpc) is 3.26. The van der Waals surface area contributed by atoms with E-state index < -0.39 is 23.4 Å². The van der Waals surface area contributed by atoms with Crippen molar-refractivity contribution in [1.29, 1.82) is 0 Å². The molecule has 0 aliphatic heterocycles. The number of hydrogen-bond acceptors (Lipinski definition) is 7. The summed E-state index contributed by atoms with van der Waals surface area (Å²) in [5.74, 6) is -0.347. The zero-order chi connectivity index (χ0) is 37.2. The molecular weight excluding hydrogens is 636 g/mol. The highest BCUT2D eigenvalue weighted by Crippen LogP contribution is 2.22. The molecule has 2 rings (SSSR count). The van der Waals surface area contributed by atoms with Gasteiger partial charge in [-0.15, -0.1) is 0 Å². The standard InChI is InChI=1S/C36H58N4O7.C2H6.CH4/c1-27(20-23-31(42)37-26-41)40-29-22-21-28(25-30(29)38(8)32(40)43)19-17-15-13-11-9-10-12-14-16-18-24-39(33(44)46-35(2,3)4)34(45)47-36(5,6)7;1-2;/h21-22,25-27H,9-20,23-24H2,1-8H3,(H,37,41,42);1-2H3;1H4. The molecule has 1 heterocycles. The van der Waals surface area contributed by atoms with Crippen LogP contribution in [0.3, 0.4) is 0 Å². The summed E-state index contributed by atoms with van der Waals surface area (Å²) >= 11 is 0. The maximum absolute atomic E-state index is 13.0. The lowest BCUT2D eigenvalue weighted by atomic mass is 10.0. The molecule has 0 aliphatic rings. The number of amides is 4. The maximum atomic E-state index is 13.0. The van der Waals surface area contributed by atoms with Crippen LogP contribution in [0.4, 0.5) is 9.59 Å². The normalized spacial score (nSPS) is 11.9. The summed E-state index contributed by atoms with van der Waals surface area (Å²) in [6.45, 7) is 16.9. The van der Waals surface area contributed by atoms with Crippen LogP contribution in [0, 0.1) is 0 Å². The van der Waals surface area contributed by atoms with E-state index in [4.69, 9.17) is 9.47 Å². The first kappa shape index (κ1) is 46.4. The molecule has 50 heavy (non-hydrogen) atoms. The van der Waals surface area contributed by atoms with Crippen LogP contribution < -0.4 is 11.0 Å². The highest BCUT2D eigenvalue weighted by molar-refractivity contribution is 5.88. The smallest absolute Gasteiger partial charge is 0.419 e. The third-order valence-corrected chi connectivity index (χ3v) is 7.93. The number of aryl methyl sites for hydroxylation is 2. The minimum Gasteiger partial charge on any atom is -0.443 e. The van der Waals surface area contributed by atoms with Crippen molar-refractivity contribution in [1.82, 2.24) is 19.4 Å². The summed E-state index contributed by atoms with van der Waals surface area (Å²) in [4.78, 5) is 61.4. The lowest BCUT2D eigenvalue weighted by Gasteiger charge is -2.28. The maximum Gasteiger partial charge on any atom is 0.419 e. The Kier molecular flexibility index (Phi) is 21.3. The van der Waals surface area contributed by atoms with Crippen molar-refractivity contribution in [2.24, 2.45) is 7.05 Å². The van der Waals surface area contributed by atoms with Crippen molar-refractivity contribution in [2.75, 3.05) is 6.54 Å². The Labute approximate surface area is 301 Å². The fourth-order valence-electron chi connectivity index (χ4n) is 5.50. The molecule has 0 saturated heterocycles. The highest BCUT2D eigenvalue weighted by atomic mass is 16.6. The number of rotatable bonds is 18. The summed E-state index contributed by atoms with van der Waals surface area (Å²) in [6.07, 6.45) is 11.5. The quantitative estimate of drug-likeness (QED) is 0.121. The molecule has 1 aromatic carbocycles. The lowest BCUT2D eigenvalue weighted by Crippen LogP contribution is -2.44. The minimum atomic E-state index is -0.692. The van der Waals surface area contributed by atoms with Gasteiger partial charge in [0.1, 0.15) is 11.2 Å². The van der Waals surface area contributed by atoms with E-state index in [2.05, 4.69) is 17.4 Å². The van der Waals surface area contributed by atoms with Gasteiger partial charge in [-0.05, 0) is 91.8 Å². The molecule has 0 aliphatic carbocycles. The number of imidazole rings is 1. The topological polar surface area (TPSA) is 129 Å². The number of hydrogen-bond donors (Lipinski definition) is 1. The largest absolute Gasteiger partial charge is 0.443 e. The molecule has 1 unspecified atom stereocenters. The second-order valence-corrected chi connectivity index (χ2v) is 14.5. The third-order valence-electron chi connectivity index (χ3n) is 7.93. The second kappa shape index (κ2) is 23.0. The zero-order valence-electron chi connectivity index (χ0n) is 32.0. The van der Waals surface area contributed by atoms with Crippen LogP contribution in [-0.4, -0.2) is 56.3 Å². The van der Waals surface area contributed by atoms with Crippen molar-refractivity contribution in [3.63, 3.8) is 0 Å². The molecule has 0 radical (unpaired) electrons. The molecule has 11 nitrogen and oxygen atoms in total. The number of imide groups is 2. The Morgan fingerprint density at radius 1 is 0.820 bits per heavy atom. The van der Waals surface area contributed by atoms with Crippen LogP contribution in [0.25, 0.3) is 11.0 Å². The van der Waals surface area contributed by atoms with Crippen LogP contribution in [0.5, 0.6) is 0 Å². The van der Waals surface area contributed by atoms with E-state index in [0.29, 0.717) is 19.3 Å². The molecule has 4 amide bonds. The van der Waals surface area contributed by atoms with Crippen LogP contribution in [0.1, 0.15) is 158 Å². The number of unbranched alkanes of at least 4 members (excludes halogenated alkanes) is 9. The summed E-state index contributed by atoms with van der Waals surface area (Å²) in [6, 6.07) is 6.01. The minimum absolute atomic E-state index is 0. The van der Waals surface area contributed by atoms with Gasteiger partial charge in [0.05, 0.1) is 11.0 Å². The van der Waals surface area contributed by atoms with Gasteiger partial charge in [-0.3, -0.25) is 24.0 Å². The Balaban J connectivity index is 0.00000785. The van der Waals surface area contributed by atoms with Gasteiger partial charge in [0.15, 0.2) is 0 Å². The van der Waals surface area contributed by atoms with Gasteiger partial charge in [-0.2, -0.15) is 0 Å². The Morgan fingerprint density at radius 3 is 1.78 bits per heavy atom. The number of aromatic nitrogens is 2. The van der Waals surface area contributed by atoms with Crippen LogP contribution >= 0.6 is 0 Å². The summed E-state index contributed by atoms with van der Waals surface area (Å²) in [5.41, 5.74) is 1.46. The van der Waals surface area contributed by atoms with Crippen LogP contribution in [0.15, 0.2) is 23.0 Å². The number of carbonyl (C=O) groups is 4. The van der Waals surface area contributed by atoms with Crippen LogP contribution in [-0.2, 0) is 32.5 Å². The van der Waals surface area contributed by atoms with E-state index in [1.807, 2.05) is 26.8 Å². The molecule has 0 bridgehead atoms. The monoisotopic (exact) mass is 705 g/mol. The molecule has 0 fully saturated rings. The Morgan fingerprint density at radius 2 is 1.30 bits per heavy atom. The van der Waals surface area contributed by atoms with E-state index >= 15 is 0 Å². The Hall–Kier alpha value is -3.63. The van der Waals surface area contributed by atoms with E-state index in [9.17, 15) is 24.0 Å². The van der Waals surface area contributed by atoms with E-state index in [1.165, 1.54) is 31.2 Å². The van der Waals surface area contributed by atoms with Gasteiger partial charge in [0.25, 0.3) is 0 Å². The number of ether oxygens (including phenoxy) is 2. The molecule has 11 heteroatoms. The summed E-state index contributed by atoms with van der Waals surface area (Å²) in [7, 11) is 1.78. The van der Waals surface area contributed by atoms with E-state index in [1.54, 1.807) is 57.7 Å². The molecule has 1 N–H and O–H groups in total. The van der Waals surface area contributed by atoms with Gasteiger partial charge in [0, 0.05) is 26.1 Å². The molecule has 286 valence electrons. The number of benzene rings is 1. The highest BCUT2D eigenvalue weighted by Gasteiger charge is 2.30. The first-order valence-corrected chi connectivity index (χ1v) is 18.2. The molecular formula is C39H68N4O7. The third kappa shape index (κ3) is 16.9. The molecule has 0 saturated carbocycles. The van der Waals surface area contributed by atoms with Gasteiger partial charge in [0.2, 0.25) is 12.3 Å². The number of nitrogens with one attached hydrogen (secondary N) is 1. The lowest BCUT2D eigenvalue weighted by molar-refractivity contribution is -0.125. The van der Waals surface area contributed by atoms with E-state index in [0.717, 1.165) is 54.5 Å². The van der Waals surface area contributed by atoms with Crippen molar-refractivity contribution in [3.8, 4) is 0 Å². The van der Waals surface area contributed by atoms with Crippen LogP contribution in [0.2, 0.25) is 0 Å². The fraction of sp³-hybridized carbons (Fsp3) is 0.718. The predicted octanol–water partition coefficient (Wildman–Crippen LogP) is 9.23. The summed E-state index contributed by atoms with van der Waals surface area (Å²) in [5, 5.41) is 2.15. The van der Waals surface area contributed by atoms with Crippen molar-refractivity contribution in [3.05, 3.63) is 34.2 Å². The van der Waals surface area contributed by atoms with E-state index in [-0.39, 0.29) is 38.0 Å². The predicted molar refractivity (Wildman–Crippen MR) is 202 cm³/mol. The summed E-state index contributed by atoms with van der Waals surface area (Å²) < 4.78 is 14.2. The Bertz CT molecular complexity index is 1350. The number of nitrogens with zero attached hydrogens (tertiary/aromatic N) is 3.